The number of hydrogen-bond donors (Lipinski definition) is 1. The van der Waals surface area contributed by atoms with Gasteiger partial charge < -0.3 is 15.4 Å². The van der Waals surface area contributed by atoms with Crippen molar-refractivity contribution in [2.75, 3.05) is 24.6 Å². The van der Waals surface area contributed by atoms with Gasteiger partial charge in [0, 0.05) is 37.5 Å². The fraction of sp³-hybridized carbons (Fsp3) is 0.667. The summed E-state index contributed by atoms with van der Waals surface area (Å²) in [5, 5.41) is 0. The van der Waals surface area contributed by atoms with Crippen LogP contribution in [-0.2, 0) is 24.1 Å². The highest BCUT2D eigenvalue weighted by Gasteiger charge is 2.22. The molecule has 1 aliphatic heterocycles. The van der Waals surface area contributed by atoms with Gasteiger partial charge in [0.05, 0.1) is 6.10 Å². The highest BCUT2D eigenvalue weighted by Crippen LogP contribution is 2.28. The Labute approximate surface area is 115 Å². The molecule has 19 heavy (non-hydrogen) atoms. The number of pyridine rings is 1. The van der Waals surface area contributed by atoms with Crippen LogP contribution < -0.4 is 10.6 Å². The molecule has 4 nitrogen and oxygen atoms in total. The predicted octanol–water partition coefficient (Wildman–Crippen LogP) is 1.64. The molecule has 0 bridgehead atoms. The number of anilines is 1. The zero-order chi connectivity index (χ0) is 13.2. The van der Waals surface area contributed by atoms with Crippen molar-refractivity contribution < 1.29 is 4.74 Å². The Morgan fingerprint density at radius 1 is 1.42 bits per heavy atom. The topological polar surface area (TPSA) is 51.4 Å². The van der Waals surface area contributed by atoms with Crippen LogP contribution in [0.3, 0.4) is 0 Å². The molecule has 1 unspecified atom stereocenters. The third-order valence-corrected chi connectivity index (χ3v) is 4.08. The largest absolute Gasteiger partial charge is 0.377 e. The van der Waals surface area contributed by atoms with Gasteiger partial charge in [0.2, 0.25) is 0 Å². The molecule has 0 aromatic carbocycles. The molecule has 2 heterocycles. The third kappa shape index (κ3) is 2.60. The van der Waals surface area contributed by atoms with E-state index in [-0.39, 0.29) is 6.10 Å². The predicted molar refractivity (Wildman–Crippen MR) is 76.4 cm³/mol. The van der Waals surface area contributed by atoms with Crippen LogP contribution in [0, 0.1) is 0 Å². The summed E-state index contributed by atoms with van der Waals surface area (Å²) in [7, 11) is 0. The number of ether oxygens (including phenoxy) is 1. The van der Waals surface area contributed by atoms with E-state index in [9.17, 15) is 0 Å². The maximum atomic E-state index is 5.93. The normalized spacial score (nSPS) is 23.3. The minimum absolute atomic E-state index is 0.267. The van der Waals surface area contributed by atoms with Gasteiger partial charge in [-0.2, -0.15) is 0 Å². The molecule has 1 atom stereocenters. The lowest BCUT2D eigenvalue weighted by Gasteiger charge is -2.26. The SMILES string of the molecule is CC1CN(c2nc3c(cc2CN)CCC3)CCCO1. The summed E-state index contributed by atoms with van der Waals surface area (Å²) < 4.78 is 5.72. The third-order valence-electron chi connectivity index (χ3n) is 4.08. The van der Waals surface area contributed by atoms with Gasteiger partial charge in [-0.05, 0) is 44.2 Å². The molecule has 3 rings (SSSR count). The van der Waals surface area contributed by atoms with E-state index < -0.39 is 0 Å². The Bertz CT molecular complexity index is 461. The van der Waals surface area contributed by atoms with Crippen molar-refractivity contribution >= 4 is 5.82 Å². The van der Waals surface area contributed by atoms with Gasteiger partial charge in [-0.3, -0.25) is 0 Å². The first-order chi connectivity index (χ1) is 9.28. The van der Waals surface area contributed by atoms with Crippen molar-refractivity contribution in [2.24, 2.45) is 5.73 Å². The summed E-state index contributed by atoms with van der Waals surface area (Å²) in [6.07, 6.45) is 4.84. The molecule has 104 valence electrons. The van der Waals surface area contributed by atoms with Crippen molar-refractivity contribution in [3.8, 4) is 0 Å². The molecule has 0 saturated carbocycles. The Kier molecular flexibility index (Phi) is 3.71. The summed E-state index contributed by atoms with van der Waals surface area (Å²) in [5.74, 6) is 1.10. The molecular formula is C15H23N3O. The summed E-state index contributed by atoms with van der Waals surface area (Å²) >= 11 is 0. The molecule has 0 amide bonds. The first-order valence-electron chi connectivity index (χ1n) is 7.36. The second kappa shape index (κ2) is 5.47. The van der Waals surface area contributed by atoms with E-state index >= 15 is 0 Å². The highest BCUT2D eigenvalue weighted by atomic mass is 16.5. The molecule has 1 aromatic heterocycles. The average Bonchev–Trinajstić information content (AvgIpc) is 2.77. The van der Waals surface area contributed by atoms with E-state index in [2.05, 4.69) is 17.9 Å². The van der Waals surface area contributed by atoms with Gasteiger partial charge in [0.15, 0.2) is 0 Å². The van der Waals surface area contributed by atoms with E-state index in [0.717, 1.165) is 44.8 Å². The molecule has 1 aliphatic carbocycles. The molecular weight excluding hydrogens is 238 g/mol. The van der Waals surface area contributed by atoms with Gasteiger partial charge in [-0.25, -0.2) is 4.98 Å². The van der Waals surface area contributed by atoms with Crippen molar-refractivity contribution in [1.29, 1.82) is 0 Å². The van der Waals surface area contributed by atoms with Crippen molar-refractivity contribution in [3.05, 3.63) is 22.9 Å². The fourth-order valence-corrected chi connectivity index (χ4v) is 3.12. The van der Waals surface area contributed by atoms with E-state index in [1.165, 1.54) is 23.2 Å². The Morgan fingerprint density at radius 3 is 3.16 bits per heavy atom. The fourth-order valence-electron chi connectivity index (χ4n) is 3.12. The monoisotopic (exact) mass is 261 g/mol. The number of nitrogens with two attached hydrogens (primary N) is 1. The Balaban J connectivity index is 1.94. The van der Waals surface area contributed by atoms with Crippen molar-refractivity contribution in [1.82, 2.24) is 4.98 Å². The van der Waals surface area contributed by atoms with Gasteiger partial charge in [-0.15, -0.1) is 0 Å². The lowest BCUT2D eigenvalue weighted by atomic mass is 10.1. The van der Waals surface area contributed by atoms with E-state index in [1.807, 2.05) is 0 Å². The molecule has 1 saturated heterocycles. The molecule has 0 radical (unpaired) electrons. The molecule has 1 aromatic rings. The highest BCUT2D eigenvalue weighted by molar-refractivity contribution is 5.51. The van der Waals surface area contributed by atoms with Crippen molar-refractivity contribution in [3.63, 3.8) is 0 Å². The number of hydrogen-bond acceptors (Lipinski definition) is 4. The quantitative estimate of drug-likeness (QED) is 0.879. The van der Waals surface area contributed by atoms with Crippen LogP contribution >= 0.6 is 0 Å². The minimum Gasteiger partial charge on any atom is -0.377 e. The van der Waals surface area contributed by atoms with E-state index in [4.69, 9.17) is 15.5 Å². The number of rotatable bonds is 2. The summed E-state index contributed by atoms with van der Waals surface area (Å²) in [6.45, 7) is 5.48. The second-order valence-electron chi connectivity index (χ2n) is 5.62. The number of nitrogens with zero attached hydrogens (tertiary/aromatic N) is 2. The number of fused-ring (bicyclic) bond motifs is 1. The molecule has 1 fully saturated rings. The maximum Gasteiger partial charge on any atom is 0.133 e. The van der Waals surface area contributed by atoms with Crippen LogP contribution in [0.25, 0.3) is 0 Å². The number of aryl methyl sites for hydroxylation is 2. The van der Waals surface area contributed by atoms with E-state index in [1.54, 1.807) is 0 Å². The first kappa shape index (κ1) is 12.9. The number of aromatic nitrogens is 1. The Hall–Kier alpha value is -1.13. The molecule has 2 N–H and O–H groups in total. The summed E-state index contributed by atoms with van der Waals surface area (Å²) in [6, 6.07) is 2.28. The smallest absolute Gasteiger partial charge is 0.133 e. The van der Waals surface area contributed by atoms with Crippen LogP contribution in [0.2, 0.25) is 0 Å². The summed E-state index contributed by atoms with van der Waals surface area (Å²) in [5.41, 5.74) is 9.81. The maximum absolute atomic E-state index is 5.93. The van der Waals surface area contributed by atoms with E-state index in [0.29, 0.717) is 6.54 Å². The zero-order valence-electron chi connectivity index (χ0n) is 11.7. The van der Waals surface area contributed by atoms with Gasteiger partial charge in [0.1, 0.15) is 5.82 Å². The lowest BCUT2D eigenvalue weighted by molar-refractivity contribution is 0.0820. The molecule has 0 spiro atoms. The van der Waals surface area contributed by atoms with Crippen LogP contribution in [0.4, 0.5) is 5.82 Å². The molecule has 4 heteroatoms. The van der Waals surface area contributed by atoms with Crippen LogP contribution in [0.15, 0.2) is 6.07 Å². The average molecular weight is 261 g/mol. The minimum atomic E-state index is 0.267. The lowest BCUT2D eigenvalue weighted by Crippen LogP contribution is -2.32. The van der Waals surface area contributed by atoms with Crippen LogP contribution in [0.1, 0.15) is 36.6 Å². The van der Waals surface area contributed by atoms with Crippen LogP contribution in [0.5, 0.6) is 0 Å². The van der Waals surface area contributed by atoms with Gasteiger partial charge in [0.25, 0.3) is 0 Å². The van der Waals surface area contributed by atoms with Gasteiger partial charge in [-0.1, -0.05) is 0 Å². The summed E-state index contributed by atoms with van der Waals surface area (Å²) in [4.78, 5) is 7.27. The second-order valence-corrected chi connectivity index (χ2v) is 5.62. The zero-order valence-corrected chi connectivity index (χ0v) is 11.7. The van der Waals surface area contributed by atoms with Gasteiger partial charge >= 0.3 is 0 Å². The Morgan fingerprint density at radius 2 is 2.32 bits per heavy atom. The van der Waals surface area contributed by atoms with Crippen molar-refractivity contribution in [2.45, 2.75) is 45.3 Å². The van der Waals surface area contributed by atoms with Crippen LogP contribution in [-0.4, -0.2) is 30.8 Å². The molecule has 2 aliphatic rings. The standard InChI is InChI=1S/C15H23N3O/c1-11-10-18(6-3-7-19-11)15-13(9-16)8-12-4-2-5-14(12)17-15/h8,11H,2-7,9-10,16H2,1H3. The first-order valence-corrected chi connectivity index (χ1v) is 7.36.